The molecule has 9 heteroatoms. The van der Waals surface area contributed by atoms with E-state index in [0.29, 0.717) is 36.2 Å². The summed E-state index contributed by atoms with van der Waals surface area (Å²) in [6, 6.07) is 7.60. The second-order valence-corrected chi connectivity index (χ2v) is 7.90. The van der Waals surface area contributed by atoms with Gasteiger partial charge in [-0.25, -0.2) is 0 Å². The molecule has 1 aliphatic heterocycles. The van der Waals surface area contributed by atoms with Gasteiger partial charge in [0.15, 0.2) is 5.82 Å². The molecule has 154 valence electrons. The molecule has 0 aliphatic carbocycles. The Balaban J connectivity index is 0.00000280. The molecule has 2 aromatic rings. The van der Waals surface area contributed by atoms with Gasteiger partial charge < -0.3 is 19.9 Å². The molecule has 7 nitrogen and oxygen atoms in total. The summed E-state index contributed by atoms with van der Waals surface area (Å²) in [5.41, 5.74) is 0.666. The van der Waals surface area contributed by atoms with Crippen LogP contribution in [-0.4, -0.2) is 49.4 Å². The number of thioether (sulfide) groups is 1. The molecule has 1 aliphatic rings. The molecule has 0 radical (unpaired) electrons. The maximum absolute atomic E-state index is 12.8. The number of benzene rings is 1. The first-order valence-corrected chi connectivity index (χ1v) is 10.1. The Hall–Kier alpha value is -1.61. The second-order valence-electron chi connectivity index (χ2n) is 6.89. The zero-order chi connectivity index (χ0) is 19.1. The molecule has 28 heavy (non-hydrogen) atoms. The van der Waals surface area contributed by atoms with Gasteiger partial charge in [-0.2, -0.15) is 4.98 Å². The molecule has 1 saturated heterocycles. The second kappa shape index (κ2) is 10.8. The van der Waals surface area contributed by atoms with Gasteiger partial charge in [-0.1, -0.05) is 17.3 Å². The minimum absolute atomic E-state index is 0. The predicted octanol–water partition coefficient (Wildman–Crippen LogP) is 2.84. The largest absolute Gasteiger partial charge is 0.384 e. The van der Waals surface area contributed by atoms with Gasteiger partial charge in [-0.3, -0.25) is 4.79 Å². The molecule has 2 N–H and O–H groups in total. The Labute approximate surface area is 175 Å². The summed E-state index contributed by atoms with van der Waals surface area (Å²) in [7, 11) is 1.72. The number of hydrogen-bond donors (Lipinski definition) is 2. The van der Waals surface area contributed by atoms with Crippen molar-refractivity contribution in [3.63, 3.8) is 0 Å². The first kappa shape index (κ1) is 22.7. The lowest BCUT2D eigenvalue weighted by Crippen LogP contribution is -2.47. The fraction of sp³-hybridized carbons (Fsp3) is 0.526. The monoisotopic (exact) mass is 426 g/mol. The first-order chi connectivity index (χ1) is 13.1. The van der Waals surface area contributed by atoms with E-state index in [0.717, 1.165) is 30.8 Å². The number of amides is 1. The summed E-state index contributed by atoms with van der Waals surface area (Å²) in [6.07, 6.45) is 1.99. The minimum Gasteiger partial charge on any atom is -0.384 e. The predicted molar refractivity (Wildman–Crippen MR) is 111 cm³/mol. The Morgan fingerprint density at radius 3 is 2.79 bits per heavy atom. The average molecular weight is 427 g/mol. The van der Waals surface area contributed by atoms with E-state index in [1.54, 1.807) is 14.0 Å². The number of ether oxygens (including phenoxy) is 1. The van der Waals surface area contributed by atoms with Gasteiger partial charge in [0.25, 0.3) is 5.91 Å². The molecule has 1 amide bonds. The fourth-order valence-corrected chi connectivity index (χ4v) is 4.20. The van der Waals surface area contributed by atoms with Crippen LogP contribution in [-0.2, 0) is 10.5 Å². The summed E-state index contributed by atoms with van der Waals surface area (Å²) in [5.74, 6) is 1.64. The zero-order valence-electron chi connectivity index (χ0n) is 16.2. The van der Waals surface area contributed by atoms with Crippen LogP contribution in [0.1, 0.15) is 34.9 Å². The molecule has 0 bridgehead atoms. The molecule has 3 rings (SSSR count). The van der Waals surface area contributed by atoms with Crippen molar-refractivity contribution in [2.24, 2.45) is 5.41 Å². The number of aryl methyl sites for hydroxylation is 1. The topological polar surface area (TPSA) is 89.3 Å². The van der Waals surface area contributed by atoms with Crippen LogP contribution in [0.5, 0.6) is 0 Å². The van der Waals surface area contributed by atoms with Crippen LogP contribution in [0.25, 0.3) is 0 Å². The lowest BCUT2D eigenvalue weighted by molar-refractivity contribution is 0.0511. The number of hydrogen-bond acceptors (Lipinski definition) is 7. The molecule has 0 saturated carbocycles. The maximum Gasteiger partial charge on any atom is 0.252 e. The van der Waals surface area contributed by atoms with E-state index in [2.05, 4.69) is 20.8 Å². The summed E-state index contributed by atoms with van der Waals surface area (Å²) < 4.78 is 10.6. The lowest BCUT2D eigenvalue weighted by atomic mass is 9.79. The summed E-state index contributed by atoms with van der Waals surface area (Å²) >= 11 is 1.52. The third kappa shape index (κ3) is 5.94. The van der Waals surface area contributed by atoms with Crippen LogP contribution in [0, 0.1) is 12.3 Å². The Bertz CT molecular complexity index is 760. The number of piperidine rings is 1. The summed E-state index contributed by atoms with van der Waals surface area (Å²) in [6.45, 7) is 4.96. The van der Waals surface area contributed by atoms with Crippen molar-refractivity contribution in [3.8, 4) is 0 Å². The zero-order valence-corrected chi connectivity index (χ0v) is 17.8. The standard InChI is InChI=1S/C19H26N4O3S.ClH/c1-14-22-17(26-23-14)11-27-16-6-4-3-5-15(16)18(24)21-12-19(13-25-2)7-9-20-10-8-19;/h3-6,20H,7-13H2,1-2H3,(H,21,24);1H. The molecule has 0 spiro atoms. The maximum atomic E-state index is 12.8. The van der Waals surface area contributed by atoms with Crippen LogP contribution in [0.4, 0.5) is 0 Å². The van der Waals surface area contributed by atoms with E-state index in [-0.39, 0.29) is 23.7 Å². The Morgan fingerprint density at radius 2 is 2.11 bits per heavy atom. The molecule has 1 fully saturated rings. The van der Waals surface area contributed by atoms with Gasteiger partial charge in [0, 0.05) is 24.0 Å². The third-order valence-electron chi connectivity index (χ3n) is 4.79. The number of carbonyl (C=O) groups is 1. The van der Waals surface area contributed by atoms with Gasteiger partial charge >= 0.3 is 0 Å². The number of carbonyl (C=O) groups excluding carboxylic acids is 1. The van der Waals surface area contributed by atoms with E-state index in [1.165, 1.54) is 11.8 Å². The van der Waals surface area contributed by atoms with Crippen LogP contribution in [0.2, 0.25) is 0 Å². The lowest BCUT2D eigenvalue weighted by Gasteiger charge is -2.37. The van der Waals surface area contributed by atoms with Crippen molar-refractivity contribution >= 4 is 30.1 Å². The van der Waals surface area contributed by atoms with E-state index in [1.807, 2.05) is 24.3 Å². The smallest absolute Gasteiger partial charge is 0.252 e. The van der Waals surface area contributed by atoms with Crippen LogP contribution in [0.3, 0.4) is 0 Å². The third-order valence-corrected chi connectivity index (χ3v) is 5.85. The summed E-state index contributed by atoms with van der Waals surface area (Å²) in [4.78, 5) is 17.9. The molecule has 2 heterocycles. The molecular formula is C19H27ClN4O3S. The van der Waals surface area contributed by atoms with Crippen molar-refractivity contribution in [1.29, 1.82) is 0 Å². The molecule has 1 aromatic carbocycles. The van der Waals surface area contributed by atoms with E-state index < -0.39 is 0 Å². The molecule has 1 aromatic heterocycles. The van der Waals surface area contributed by atoms with Crippen molar-refractivity contribution < 1.29 is 14.1 Å². The van der Waals surface area contributed by atoms with Crippen molar-refractivity contribution in [2.75, 3.05) is 33.4 Å². The van der Waals surface area contributed by atoms with Gasteiger partial charge in [0.05, 0.1) is 17.9 Å². The number of aromatic nitrogens is 2. The van der Waals surface area contributed by atoms with Crippen molar-refractivity contribution in [3.05, 3.63) is 41.5 Å². The highest BCUT2D eigenvalue weighted by Crippen LogP contribution is 2.29. The summed E-state index contributed by atoms with van der Waals surface area (Å²) in [5, 5.41) is 10.3. The first-order valence-electron chi connectivity index (χ1n) is 9.11. The highest BCUT2D eigenvalue weighted by molar-refractivity contribution is 7.98. The van der Waals surface area contributed by atoms with Crippen molar-refractivity contribution in [1.82, 2.24) is 20.8 Å². The number of methoxy groups -OCH3 is 1. The fourth-order valence-electron chi connectivity index (χ4n) is 3.32. The Kier molecular flexibility index (Phi) is 8.75. The van der Waals surface area contributed by atoms with Gasteiger partial charge in [0.1, 0.15) is 0 Å². The van der Waals surface area contributed by atoms with Crippen molar-refractivity contribution in [2.45, 2.75) is 30.4 Å². The molecular weight excluding hydrogens is 400 g/mol. The highest BCUT2D eigenvalue weighted by atomic mass is 35.5. The van der Waals surface area contributed by atoms with E-state index in [9.17, 15) is 4.79 Å². The molecule has 0 unspecified atom stereocenters. The number of rotatable bonds is 8. The Morgan fingerprint density at radius 1 is 1.36 bits per heavy atom. The van der Waals surface area contributed by atoms with Gasteiger partial charge in [-0.05, 0) is 45.0 Å². The van der Waals surface area contributed by atoms with Crippen LogP contribution >= 0.6 is 24.2 Å². The van der Waals surface area contributed by atoms with Crippen LogP contribution < -0.4 is 10.6 Å². The van der Waals surface area contributed by atoms with Gasteiger partial charge in [-0.15, -0.1) is 24.2 Å². The number of halogens is 1. The number of nitrogens with zero attached hydrogens (tertiary/aromatic N) is 2. The SMILES string of the molecule is COCC1(CNC(=O)c2ccccc2SCc2nc(C)no2)CCNCC1.Cl. The average Bonchev–Trinajstić information content (AvgIpc) is 3.11. The quantitative estimate of drug-likeness (QED) is 0.627. The molecule has 0 atom stereocenters. The minimum atomic E-state index is -0.0613. The van der Waals surface area contributed by atoms with Crippen LogP contribution in [0.15, 0.2) is 33.7 Å². The number of nitrogens with one attached hydrogen (secondary N) is 2. The normalized spacial score (nSPS) is 15.6. The van der Waals surface area contributed by atoms with E-state index >= 15 is 0 Å². The highest BCUT2D eigenvalue weighted by Gasteiger charge is 2.32. The van der Waals surface area contributed by atoms with Gasteiger partial charge in [0.2, 0.25) is 5.89 Å². The van der Waals surface area contributed by atoms with E-state index in [4.69, 9.17) is 9.26 Å².